The van der Waals surface area contributed by atoms with E-state index in [0.717, 1.165) is 22.5 Å². The largest absolute Gasteiger partial charge is 0.291 e. The first kappa shape index (κ1) is 19.1. The van der Waals surface area contributed by atoms with Crippen LogP contribution >= 0.6 is 11.3 Å². The SMILES string of the molecule is Cc1nc(N(C)C(=O)Cc2ccc(-c3ncccn3)cc2)sc1S(C)(=N)=O. The molecule has 1 amide bonds. The van der Waals surface area contributed by atoms with Gasteiger partial charge in [-0.05, 0) is 18.6 Å². The number of rotatable bonds is 5. The third-order valence-corrected chi connectivity index (χ3v) is 7.13. The highest BCUT2D eigenvalue weighted by Gasteiger charge is 2.20. The lowest BCUT2D eigenvalue weighted by Gasteiger charge is -2.13. The Morgan fingerprint density at radius 1 is 1.22 bits per heavy atom. The average molecular weight is 402 g/mol. The quantitative estimate of drug-likeness (QED) is 0.708. The zero-order chi connectivity index (χ0) is 19.6. The van der Waals surface area contributed by atoms with Crippen LogP contribution in [0.1, 0.15) is 11.3 Å². The molecule has 9 heteroatoms. The van der Waals surface area contributed by atoms with Crippen LogP contribution in [0, 0.1) is 11.7 Å². The van der Waals surface area contributed by atoms with Crippen molar-refractivity contribution in [2.24, 2.45) is 0 Å². The topological polar surface area (TPSA) is 99.9 Å². The molecular formula is C18H19N5O2S2. The van der Waals surface area contributed by atoms with E-state index in [1.807, 2.05) is 24.3 Å². The summed E-state index contributed by atoms with van der Waals surface area (Å²) in [6, 6.07) is 9.28. The summed E-state index contributed by atoms with van der Waals surface area (Å²) in [6.45, 7) is 1.70. The smallest absolute Gasteiger partial charge is 0.232 e. The van der Waals surface area contributed by atoms with Crippen molar-refractivity contribution >= 4 is 32.1 Å². The van der Waals surface area contributed by atoms with Gasteiger partial charge < -0.3 is 0 Å². The summed E-state index contributed by atoms with van der Waals surface area (Å²) in [4.78, 5) is 26.7. The monoisotopic (exact) mass is 401 g/mol. The van der Waals surface area contributed by atoms with Crippen LogP contribution in [-0.4, -0.2) is 38.4 Å². The first-order valence-corrected chi connectivity index (χ1v) is 10.9. The van der Waals surface area contributed by atoms with Crippen molar-refractivity contribution < 1.29 is 9.00 Å². The molecule has 1 N–H and O–H groups in total. The van der Waals surface area contributed by atoms with Gasteiger partial charge in [-0.1, -0.05) is 35.6 Å². The second kappa shape index (κ2) is 7.53. The van der Waals surface area contributed by atoms with E-state index in [0.29, 0.717) is 20.9 Å². The van der Waals surface area contributed by atoms with Crippen molar-refractivity contribution in [3.63, 3.8) is 0 Å². The third-order valence-electron chi connectivity index (χ3n) is 3.89. The Morgan fingerprint density at radius 3 is 2.41 bits per heavy atom. The fourth-order valence-corrected chi connectivity index (χ4v) is 4.74. The molecule has 3 rings (SSSR count). The molecule has 0 spiro atoms. The number of hydrogen-bond acceptors (Lipinski definition) is 7. The summed E-state index contributed by atoms with van der Waals surface area (Å²) in [5.74, 6) is 0.503. The Bertz CT molecular complexity index is 1060. The molecule has 0 aliphatic heterocycles. The maximum atomic E-state index is 12.6. The van der Waals surface area contributed by atoms with E-state index >= 15 is 0 Å². The van der Waals surface area contributed by atoms with E-state index in [9.17, 15) is 9.00 Å². The molecule has 0 aliphatic rings. The molecule has 0 aliphatic carbocycles. The molecule has 1 unspecified atom stereocenters. The number of nitrogens with zero attached hydrogens (tertiary/aromatic N) is 4. The molecule has 0 radical (unpaired) electrons. The first-order chi connectivity index (χ1) is 12.8. The predicted octanol–water partition coefficient (Wildman–Crippen LogP) is 3.15. The van der Waals surface area contributed by atoms with Gasteiger partial charge in [-0.25, -0.2) is 23.9 Å². The number of aromatic nitrogens is 3. The van der Waals surface area contributed by atoms with Crippen LogP contribution in [-0.2, 0) is 20.9 Å². The van der Waals surface area contributed by atoms with Crippen LogP contribution in [0.25, 0.3) is 11.4 Å². The van der Waals surface area contributed by atoms with Gasteiger partial charge >= 0.3 is 0 Å². The maximum absolute atomic E-state index is 12.6. The minimum Gasteiger partial charge on any atom is -0.291 e. The number of benzene rings is 1. The van der Waals surface area contributed by atoms with E-state index in [4.69, 9.17) is 4.78 Å². The van der Waals surface area contributed by atoms with Crippen LogP contribution in [0.5, 0.6) is 0 Å². The highest BCUT2D eigenvalue weighted by Crippen LogP contribution is 2.29. The second-order valence-electron chi connectivity index (χ2n) is 6.11. The highest BCUT2D eigenvalue weighted by atomic mass is 32.2. The fourth-order valence-electron chi connectivity index (χ4n) is 2.49. The van der Waals surface area contributed by atoms with Gasteiger partial charge in [0.25, 0.3) is 0 Å². The van der Waals surface area contributed by atoms with Gasteiger partial charge in [0.05, 0.1) is 21.8 Å². The molecule has 0 bridgehead atoms. The number of carbonyl (C=O) groups is 1. The summed E-state index contributed by atoms with van der Waals surface area (Å²) >= 11 is 1.13. The number of nitrogens with one attached hydrogen (secondary N) is 1. The molecule has 0 saturated carbocycles. The van der Waals surface area contributed by atoms with E-state index in [2.05, 4.69) is 15.0 Å². The van der Waals surface area contributed by atoms with Gasteiger partial charge in [0, 0.05) is 31.3 Å². The lowest BCUT2D eigenvalue weighted by molar-refractivity contribution is -0.117. The molecule has 2 heterocycles. The molecule has 1 aromatic carbocycles. The first-order valence-electron chi connectivity index (χ1n) is 8.10. The summed E-state index contributed by atoms with van der Waals surface area (Å²) in [7, 11) is -1.22. The van der Waals surface area contributed by atoms with Crippen molar-refractivity contribution in [1.29, 1.82) is 4.78 Å². The van der Waals surface area contributed by atoms with Crippen molar-refractivity contribution in [1.82, 2.24) is 15.0 Å². The van der Waals surface area contributed by atoms with Crippen LogP contribution in [0.15, 0.2) is 46.9 Å². The number of likely N-dealkylation sites (N-methyl/N-ethyl adjacent to an activating group) is 1. The summed E-state index contributed by atoms with van der Waals surface area (Å²) < 4.78 is 20.1. The van der Waals surface area contributed by atoms with E-state index in [-0.39, 0.29) is 12.3 Å². The van der Waals surface area contributed by atoms with Crippen LogP contribution in [0.2, 0.25) is 0 Å². The van der Waals surface area contributed by atoms with Crippen LogP contribution < -0.4 is 4.90 Å². The molecule has 3 aromatic rings. The summed E-state index contributed by atoms with van der Waals surface area (Å²) in [5.41, 5.74) is 2.28. The van der Waals surface area contributed by atoms with Crippen molar-refractivity contribution in [2.45, 2.75) is 17.6 Å². The van der Waals surface area contributed by atoms with Gasteiger partial charge in [0.2, 0.25) is 5.91 Å². The van der Waals surface area contributed by atoms with Crippen LogP contribution in [0.4, 0.5) is 5.13 Å². The van der Waals surface area contributed by atoms with E-state index < -0.39 is 9.73 Å². The molecule has 27 heavy (non-hydrogen) atoms. The number of carbonyl (C=O) groups excluding carboxylic acids is 1. The maximum Gasteiger partial charge on any atom is 0.232 e. The summed E-state index contributed by atoms with van der Waals surface area (Å²) in [6.07, 6.45) is 4.94. The Labute approximate surface area is 162 Å². The second-order valence-corrected chi connectivity index (χ2v) is 9.44. The average Bonchev–Trinajstić information content (AvgIpc) is 3.04. The zero-order valence-electron chi connectivity index (χ0n) is 15.2. The standard InChI is InChI=1S/C18H19N5O2S2/c1-12-17(27(3,19)25)26-18(22-12)23(2)15(24)11-13-5-7-14(8-6-13)16-20-9-4-10-21-16/h4-10,19H,11H2,1-3H3. The van der Waals surface area contributed by atoms with Gasteiger partial charge in [-0.3, -0.25) is 9.69 Å². The van der Waals surface area contributed by atoms with E-state index in [1.165, 1.54) is 11.2 Å². The Balaban J connectivity index is 1.73. The Hall–Kier alpha value is -2.65. The molecule has 1 atom stereocenters. The number of thiazole rings is 1. The Morgan fingerprint density at radius 2 is 1.85 bits per heavy atom. The molecule has 0 saturated heterocycles. The summed E-state index contributed by atoms with van der Waals surface area (Å²) in [5, 5.41) is 0.448. The number of anilines is 1. The lowest BCUT2D eigenvalue weighted by atomic mass is 10.1. The lowest BCUT2D eigenvalue weighted by Crippen LogP contribution is -2.27. The zero-order valence-corrected chi connectivity index (χ0v) is 16.8. The van der Waals surface area contributed by atoms with Gasteiger partial charge in [-0.2, -0.15) is 0 Å². The number of aryl methyl sites for hydroxylation is 1. The fraction of sp³-hybridized carbons (Fsp3) is 0.222. The molecule has 2 aromatic heterocycles. The number of hydrogen-bond donors (Lipinski definition) is 1. The van der Waals surface area contributed by atoms with Gasteiger partial charge in [0.1, 0.15) is 4.21 Å². The predicted molar refractivity (Wildman–Crippen MR) is 106 cm³/mol. The minimum absolute atomic E-state index is 0.133. The normalized spacial score (nSPS) is 13.1. The molecule has 140 valence electrons. The van der Waals surface area contributed by atoms with Crippen molar-refractivity contribution in [3.8, 4) is 11.4 Å². The van der Waals surface area contributed by atoms with Crippen molar-refractivity contribution in [2.75, 3.05) is 18.2 Å². The van der Waals surface area contributed by atoms with E-state index in [1.54, 1.807) is 32.4 Å². The minimum atomic E-state index is -2.86. The molecular weight excluding hydrogens is 382 g/mol. The molecule has 0 fully saturated rings. The Kier molecular flexibility index (Phi) is 5.33. The highest BCUT2D eigenvalue weighted by molar-refractivity contribution is 7.93. The van der Waals surface area contributed by atoms with Gasteiger partial charge in [-0.15, -0.1) is 0 Å². The van der Waals surface area contributed by atoms with Crippen LogP contribution in [0.3, 0.4) is 0 Å². The molecule has 7 nitrogen and oxygen atoms in total. The van der Waals surface area contributed by atoms with Gasteiger partial charge in [0.15, 0.2) is 11.0 Å². The number of amides is 1. The van der Waals surface area contributed by atoms with Crippen molar-refractivity contribution in [3.05, 3.63) is 54.0 Å². The third kappa shape index (κ3) is 4.37.